The van der Waals surface area contributed by atoms with Gasteiger partial charge >= 0.3 is 6.18 Å². The van der Waals surface area contributed by atoms with Gasteiger partial charge in [-0.3, -0.25) is 4.79 Å². The second kappa shape index (κ2) is 7.80. The molecule has 0 radical (unpaired) electrons. The van der Waals surface area contributed by atoms with Crippen LogP contribution in [0.1, 0.15) is 29.3 Å². The summed E-state index contributed by atoms with van der Waals surface area (Å²) in [6.07, 6.45) is 1.48. The fraction of sp³-hybridized carbons (Fsp3) is 0.190. The Bertz CT molecular complexity index is 1020. The largest absolute Gasteiger partial charge is 0.457 e. The van der Waals surface area contributed by atoms with E-state index in [1.807, 2.05) is 26.1 Å². The van der Waals surface area contributed by atoms with E-state index in [1.165, 1.54) is 12.1 Å². The van der Waals surface area contributed by atoms with Crippen LogP contribution in [-0.2, 0) is 13.2 Å². The standard InChI is InChI=1S/C21H19F3N2O2/c1-3-4-12-25-20(27)16-13-26(2)17-6-5-7-18(19(16)17)28-15-10-8-14(9-11-15)21(22,23)24/h4-13H,3H2,1-2H3,(H,25,27)/b12-4-. The molecule has 3 aromatic rings. The van der Waals surface area contributed by atoms with Crippen LogP contribution in [-0.4, -0.2) is 10.5 Å². The Labute approximate surface area is 160 Å². The Morgan fingerprint density at radius 3 is 2.54 bits per heavy atom. The number of aryl methyl sites for hydroxylation is 1. The number of halogens is 3. The number of carbonyl (C=O) groups is 1. The first-order chi connectivity index (χ1) is 13.3. The molecule has 0 saturated heterocycles. The summed E-state index contributed by atoms with van der Waals surface area (Å²) in [5, 5.41) is 3.30. The summed E-state index contributed by atoms with van der Waals surface area (Å²) >= 11 is 0. The number of alkyl halides is 3. The highest BCUT2D eigenvalue weighted by Gasteiger charge is 2.30. The minimum atomic E-state index is -4.41. The van der Waals surface area contributed by atoms with Crippen molar-refractivity contribution < 1.29 is 22.7 Å². The molecule has 4 nitrogen and oxygen atoms in total. The minimum absolute atomic E-state index is 0.251. The van der Waals surface area contributed by atoms with Gasteiger partial charge in [0.1, 0.15) is 11.5 Å². The summed E-state index contributed by atoms with van der Waals surface area (Å²) in [5.74, 6) is 0.350. The van der Waals surface area contributed by atoms with E-state index in [0.29, 0.717) is 16.7 Å². The minimum Gasteiger partial charge on any atom is -0.457 e. The highest BCUT2D eigenvalue weighted by atomic mass is 19.4. The summed E-state index contributed by atoms with van der Waals surface area (Å²) in [4.78, 5) is 12.6. The molecule has 28 heavy (non-hydrogen) atoms. The summed E-state index contributed by atoms with van der Waals surface area (Å²) in [6.45, 7) is 1.95. The van der Waals surface area contributed by atoms with Crippen LogP contribution in [0.2, 0.25) is 0 Å². The predicted octanol–water partition coefficient (Wildman–Crippen LogP) is 5.64. The molecule has 0 fully saturated rings. The van der Waals surface area contributed by atoms with E-state index in [0.717, 1.165) is 24.1 Å². The third-order valence-electron chi connectivity index (χ3n) is 4.20. The molecular weight excluding hydrogens is 369 g/mol. The molecule has 7 heteroatoms. The molecule has 1 amide bonds. The summed E-state index contributed by atoms with van der Waals surface area (Å²) in [5.41, 5.74) is 0.440. The van der Waals surface area contributed by atoms with Crippen molar-refractivity contribution in [2.75, 3.05) is 0 Å². The number of amides is 1. The first-order valence-electron chi connectivity index (χ1n) is 8.70. The van der Waals surface area contributed by atoms with E-state index in [1.54, 1.807) is 29.1 Å². The zero-order valence-corrected chi connectivity index (χ0v) is 15.4. The number of nitrogens with zero attached hydrogens (tertiary/aromatic N) is 1. The van der Waals surface area contributed by atoms with Gasteiger partial charge in [-0.1, -0.05) is 19.1 Å². The molecule has 0 unspecified atom stereocenters. The molecule has 1 heterocycles. The molecule has 1 aromatic heterocycles. The molecule has 3 rings (SSSR count). The monoisotopic (exact) mass is 388 g/mol. The van der Waals surface area contributed by atoms with E-state index in [4.69, 9.17) is 4.74 Å². The normalized spacial score (nSPS) is 11.9. The Morgan fingerprint density at radius 1 is 1.18 bits per heavy atom. The van der Waals surface area contributed by atoms with E-state index in [9.17, 15) is 18.0 Å². The molecule has 0 saturated carbocycles. The molecule has 0 bridgehead atoms. The number of allylic oxidation sites excluding steroid dienone is 1. The van der Waals surface area contributed by atoms with Crippen LogP contribution >= 0.6 is 0 Å². The molecule has 0 spiro atoms. The van der Waals surface area contributed by atoms with Gasteiger partial charge in [0.2, 0.25) is 0 Å². The van der Waals surface area contributed by atoms with Crippen LogP contribution in [0.4, 0.5) is 13.2 Å². The smallest absolute Gasteiger partial charge is 0.416 e. The highest BCUT2D eigenvalue weighted by Crippen LogP contribution is 2.35. The van der Waals surface area contributed by atoms with Crippen molar-refractivity contribution in [2.45, 2.75) is 19.5 Å². The lowest BCUT2D eigenvalue weighted by Crippen LogP contribution is -2.16. The number of benzene rings is 2. The summed E-state index contributed by atoms with van der Waals surface area (Å²) in [7, 11) is 1.81. The maximum Gasteiger partial charge on any atom is 0.416 e. The van der Waals surface area contributed by atoms with Gasteiger partial charge in [0.25, 0.3) is 5.91 Å². The average Bonchev–Trinajstić information content (AvgIpc) is 3.00. The van der Waals surface area contributed by atoms with Crippen LogP contribution in [0, 0.1) is 0 Å². The average molecular weight is 388 g/mol. The van der Waals surface area contributed by atoms with Crippen LogP contribution in [0.25, 0.3) is 10.9 Å². The van der Waals surface area contributed by atoms with E-state index >= 15 is 0 Å². The zero-order valence-electron chi connectivity index (χ0n) is 15.4. The van der Waals surface area contributed by atoms with Gasteiger partial charge in [-0.15, -0.1) is 0 Å². The lowest BCUT2D eigenvalue weighted by atomic mass is 10.1. The topological polar surface area (TPSA) is 43.3 Å². The van der Waals surface area contributed by atoms with Crippen molar-refractivity contribution in [3.8, 4) is 11.5 Å². The Morgan fingerprint density at radius 2 is 1.89 bits per heavy atom. The molecule has 0 atom stereocenters. The number of nitrogens with one attached hydrogen (secondary N) is 1. The SMILES string of the molecule is CC/C=C\NC(=O)c1cn(C)c2cccc(Oc3ccc(C(F)(F)F)cc3)c12. The van der Waals surface area contributed by atoms with E-state index < -0.39 is 11.7 Å². The number of hydrogen-bond acceptors (Lipinski definition) is 2. The number of aromatic nitrogens is 1. The van der Waals surface area contributed by atoms with Crippen molar-refractivity contribution in [3.05, 3.63) is 72.1 Å². The molecule has 1 N–H and O–H groups in total. The molecule has 0 aliphatic heterocycles. The molecule has 146 valence electrons. The van der Waals surface area contributed by atoms with Gasteiger partial charge in [0.05, 0.1) is 22.0 Å². The van der Waals surface area contributed by atoms with Gasteiger partial charge in [0, 0.05) is 19.4 Å². The third-order valence-corrected chi connectivity index (χ3v) is 4.20. The van der Waals surface area contributed by atoms with Crippen molar-refractivity contribution in [1.29, 1.82) is 0 Å². The van der Waals surface area contributed by atoms with Gasteiger partial charge in [0.15, 0.2) is 0 Å². The number of hydrogen-bond donors (Lipinski definition) is 1. The Hall–Kier alpha value is -3.22. The Kier molecular flexibility index (Phi) is 5.44. The van der Waals surface area contributed by atoms with Gasteiger partial charge in [-0.05, 0) is 42.8 Å². The number of rotatable bonds is 5. The quantitative estimate of drug-likeness (QED) is 0.614. The Balaban J connectivity index is 1.97. The summed E-state index contributed by atoms with van der Waals surface area (Å²) in [6, 6.07) is 9.72. The lowest BCUT2D eigenvalue weighted by Gasteiger charge is -2.11. The lowest BCUT2D eigenvalue weighted by molar-refractivity contribution is -0.137. The van der Waals surface area contributed by atoms with Crippen LogP contribution in [0.5, 0.6) is 11.5 Å². The molecule has 0 aliphatic rings. The first kappa shape index (κ1) is 19.5. The molecule has 2 aromatic carbocycles. The third kappa shape index (κ3) is 4.03. The second-order valence-electron chi connectivity index (χ2n) is 6.21. The highest BCUT2D eigenvalue weighted by molar-refractivity contribution is 6.09. The van der Waals surface area contributed by atoms with Crippen molar-refractivity contribution >= 4 is 16.8 Å². The van der Waals surface area contributed by atoms with Gasteiger partial charge in [-0.2, -0.15) is 13.2 Å². The number of fused-ring (bicyclic) bond motifs is 1. The van der Waals surface area contributed by atoms with Gasteiger partial charge < -0.3 is 14.6 Å². The fourth-order valence-corrected chi connectivity index (χ4v) is 2.84. The van der Waals surface area contributed by atoms with E-state index in [2.05, 4.69) is 5.32 Å². The fourth-order valence-electron chi connectivity index (χ4n) is 2.84. The molecule has 0 aliphatic carbocycles. The summed E-state index contributed by atoms with van der Waals surface area (Å²) < 4.78 is 45.8. The predicted molar refractivity (Wildman–Crippen MR) is 101 cm³/mol. The van der Waals surface area contributed by atoms with Crippen LogP contribution in [0.3, 0.4) is 0 Å². The van der Waals surface area contributed by atoms with Crippen LogP contribution in [0.15, 0.2) is 60.9 Å². The zero-order chi connectivity index (χ0) is 20.3. The second-order valence-corrected chi connectivity index (χ2v) is 6.21. The maximum absolute atomic E-state index is 12.7. The number of ether oxygens (including phenoxy) is 1. The van der Waals surface area contributed by atoms with Crippen molar-refractivity contribution in [1.82, 2.24) is 9.88 Å². The van der Waals surface area contributed by atoms with E-state index in [-0.39, 0.29) is 11.7 Å². The maximum atomic E-state index is 12.7. The van der Waals surface area contributed by atoms with Crippen molar-refractivity contribution in [3.63, 3.8) is 0 Å². The first-order valence-corrected chi connectivity index (χ1v) is 8.70. The van der Waals surface area contributed by atoms with Gasteiger partial charge in [-0.25, -0.2) is 0 Å². The molecular formula is C21H19F3N2O2. The van der Waals surface area contributed by atoms with Crippen LogP contribution < -0.4 is 10.1 Å². The van der Waals surface area contributed by atoms with Crippen molar-refractivity contribution in [2.24, 2.45) is 7.05 Å². The number of carbonyl (C=O) groups excluding carboxylic acids is 1.